The van der Waals surface area contributed by atoms with Gasteiger partial charge in [-0.2, -0.15) is 0 Å². The zero-order valence-corrected chi connectivity index (χ0v) is 15.7. The summed E-state index contributed by atoms with van der Waals surface area (Å²) in [6.07, 6.45) is 5.46. The standard InChI is InChI=1S/C22H17NO4S/c24-20-18-13-6-7-14(16-10-15(13)16)19(18)21(25)23(20)11-3-1-4-12(9-11)27-22(26)17-5-2-8-28-17/h1-9,13-16,18-19H,10H2. The quantitative estimate of drug-likeness (QED) is 0.348. The van der Waals surface area contributed by atoms with Crippen LogP contribution in [0, 0.1) is 35.5 Å². The van der Waals surface area contributed by atoms with Crippen molar-refractivity contribution in [3.63, 3.8) is 0 Å². The van der Waals surface area contributed by atoms with Gasteiger partial charge in [-0.1, -0.05) is 24.3 Å². The van der Waals surface area contributed by atoms with Crippen molar-refractivity contribution >= 4 is 34.8 Å². The van der Waals surface area contributed by atoms with Gasteiger partial charge in [-0.25, -0.2) is 9.69 Å². The van der Waals surface area contributed by atoms with Crippen LogP contribution in [0.3, 0.4) is 0 Å². The highest BCUT2D eigenvalue weighted by atomic mass is 32.1. The molecule has 1 aromatic carbocycles. The van der Waals surface area contributed by atoms with Crippen molar-refractivity contribution in [3.05, 3.63) is 58.8 Å². The van der Waals surface area contributed by atoms with E-state index in [1.165, 1.54) is 16.2 Å². The molecule has 0 spiro atoms. The van der Waals surface area contributed by atoms with E-state index in [0.717, 1.165) is 6.42 Å². The fraction of sp³-hybridized carbons (Fsp3) is 0.318. The number of nitrogens with zero attached hydrogens (tertiary/aromatic N) is 1. The third-order valence-corrected chi connectivity index (χ3v) is 7.52. The number of amides is 2. The number of thiophene rings is 1. The summed E-state index contributed by atoms with van der Waals surface area (Å²) < 4.78 is 5.44. The van der Waals surface area contributed by atoms with Crippen molar-refractivity contribution in [2.45, 2.75) is 6.42 Å². The predicted octanol–water partition coefficient (Wildman–Crippen LogP) is 3.52. The number of allylic oxidation sites excluding steroid dienone is 2. The second kappa shape index (κ2) is 5.64. The smallest absolute Gasteiger partial charge is 0.353 e. The van der Waals surface area contributed by atoms with E-state index in [-0.39, 0.29) is 35.5 Å². The summed E-state index contributed by atoms with van der Waals surface area (Å²) in [5, 5.41) is 1.81. The van der Waals surface area contributed by atoms with E-state index in [2.05, 4.69) is 12.2 Å². The van der Waals surface area contributed by atoms with E-state index in [0.29, 0.717) is 28.1 Å². The molecule has 6 heteroatoms. The second-order valence-corrected chi connectivity index (χ2v) is 8.98. The average molecular weight is 391 g/mol. The van der Waals surface area contributed by atoms with E-state index < -0.39 is 5.97 Å². The largest absolute Gasteiger partial charge is 0.422 e. The first-order chi connectivity index (χ1) is 13.6. The molecule has 28 heavy (non-hydrogen) atoms. The maximum Gasteiger partial charge on any atom is 0.353 e. The van der Waals surface area contributed by atoms with Crippen LogP contribution in [0.5, 0.6) is 5.75 Å². The fourth-order valence-electron chi connectivity index (χ4n) is 5.45. The number of hydrogen-bond donors (Lipinski definition) is 0. The zero-order valence-electron chi connectivity index (χ0n) is 14.9. The normalized spacial score (nSPS) is 34.4. The Morgan fingerprint density at radius 1 is 1.00 bits per heavy atom. The van der Waals surface area contributed by atoms with Crippen molar-refractivity contribution in [2.24, 2.45) is 35.5 Å². The van der Waals surface area contributed by atoms with Gasteiger partial charge in [-0.05, 0) is 53.7 Å². The van der Waals surface area contributed by atoms with Crippen LogP contribution in [0.4, 0.5) is 5.69 Å². The van der Waals surface area contributed by atoms with Gasteiger partial charge in [0, 0.05) is 6.07 Å². The van der Waals surface area contributed by atoms with Gasteiger partial charge in [0.05, 0.1) is 17.5 Å². The first kappa shape index (κ1) is 16.2. The number of carbonyl (C=O) groups is 3. The Hall–Kier alpha value is -2.73. The van der Waals surface area contributed by atoms with Gasteiger partial charge in [-0.3, -0.25) is 9.59 Å². The molecular formula is C22H17NO4S. The zero-order chi connectivity index (χ0) is 19.0. The number of benzene rings is 1. The summed E-state index contributed by atoms with van der Waals surface area (Å²) in [4.78, 5) is 40.4. The monoisotopic (exact) mass is 391 g/mol. The Kier molecular flexibility index (Phi) is 3.27. The maximum atomic E-state index is 13.2. The van der Waals surface area contributed by atoms with Crippen LogP contribution in [-0.4, -0.2) is 17.8 Å². The molecule has 0 radical (unpaired) electrons. The summed E-state index contributed by atoms with van der Waals surface area (Å²) in [5.74, 6) is 0.743. The van der Waals surface area contributed by atoms with E-state index in [1.54, 1.807) is 36.4 Å². The molecule has 6 unspecified atom stereocenters. The molecule has 140 valence electrons. The van der Waals surface area contributed by atoms with Crippen molar-refractivity contribution in [1.29, 1.82) is 0 Å². The number of esters is 1. The Labute approximate surface area is 165 Å². The molecule has 5 nitrogen and oxygen atoms in total. The van der Waals surface area contributed by atoms with Crippen molar-refractivity contribution in [3.8, 4) is 5.75 Å². The van der Waals surface area contributed by atoms with Crippen LogP contribution in [-0.2, 0) is 9.59 Å². The lowest BCUT2D eigenvalue weighted by atomic mass is 9.63. The third kappa shape index (κ3) is 2.15. The van der Waals surface area contributed by atoms with Gasteiger partial charge in [-0.15, -0.1) is 11.3 Å². The molecule has 2 heterocycles. The molecule has 1 aliphatic heterocycles. The summed E-state index contributed by atoms with van der Waals surface area (Å²) in [6.45, 7) is 0. The first-order valence-corrected chi connectivity index (χ1v) is 10.4. The molecule has 2 aromatic rings. The van der Waals surface area contributed by atoms with Gasteiger partial charge in [0.25, 0.3) is 0 Å². The van der Waals surface area contributed by atoms with Gasteiger partial charge >= 0.3 is 5.97 Å². The Balaban J connectivity index is 1.30. The van der Waals surface area contributed by atoms with E-state index in [9.17, 15) is 14.4 Å². The minimum atomic E-state index is -0.442. The maximum absolute atomic E-state index is 13.2. The van der Waals surface area contributed by atoms with Crippen LogP contribution in [0.2, 0.25) is 0 Å². The molecule has 1 saturated heterocycles. The Morgan fingerprint density at radius 3 is 2.36 bits per heavy atom. The van der Waals surface area contributed by atoms with Crippen molar-refractivity contribution < 1.29 is 19.1 Å². The van der Waals surface area contributed by atoms with Crippen LogP contribution in [0.1, 0.15) is 16.1 Å². The highest BCUT2D eigenvalue weighted by Gasteiger charge is 2.67. The van der Waals surface area contributed by atoms with Crippen LogP contribution in [0.15, 0.2) is 53.9 Å². The summed E-state index contributed by atoms with van der Waals surface area (Å²) in [6, 6.07) is 10.2. The number of hydrogen-bond acceptors (Lipinski definition) is 5. The molecule has 3 fully saturated rings. The van der Waals surface area contributed by atoms with Crippen LogP contribution < -0.4 is 9.64 Å². The predicted molar refractivity (Wildman–Crippen MR) is 103 cm³/mol. The SMILES string of the molecule is O=C(Oc1cccc(N2C(=O)C3C4C=CC(C5CC45)C3C2=O)c1)c1cccs1. The molecule has 6 atom stereocenters. The topological polar surface area (TPSA) is 63.7 Å². The van der Waals surface area contributed by atoms with Gasteiger partial charge in [0.1, 0.15) is 10.6 Å². The number of rotatable bonds is 3. The molecular weight excluding hydrogens is 374 g/mol. The van der Waals surface area contributed by atoms with E-state index in [4.69, 9.17) is 4.74 Å². The molecule has 2 saturated carbocycles. The summed E-state index contributed by atoms with van der Waals surface area (Å²) >= 11 is 1.31. The third-order valence-electron chi connectivity index (χ3n) is 6.67. The highest BCUT2D eigenvalue weighted by molar-refractivity contribution is 7.12. The lowest BCUT2D eigenvalue weighted by Gasteiger charge is -2.37. The lowest BCUT2D eigenvalue weighted by molar-refractivity contribution is -0.124. The van der Waals surface area contributed by atoms with E-state index >= 15 is 0 Å². The number of anilines is 1. The number of imide groups is 1. The van der Waals surface area contributed by atoms with E-state index in [1.807, 2.05) is 5.38 Å². The summed E-state index contributed by atoms with van der Waals surface area (Å²) in [7, 11) is 0. The average Bonchev–Trinajstić information content (AvgIpc) is 3.26. The molecule has 2 amide bonds. The van der Waals surface area contributed by atoms with Crippen molar-refractivity contribution in [2.75, 3.05) is 4.90 Å². The molecule has 1 aromatic heterocycles. The van der Waals surface area contributed by atoms with Gasteiger partial charge in [0.2, 0.25) is 11.8 Å². The molecule has 0 N–H and O–H groups in total. The molecule has 4 aliphatic carbocycles. The lowest BCUT2D eigenvalue weighted by Crippen LogP contribution is -2.40. The minimum Gasteiger partial charge on any atom is -0.422 e. The highest BCUT2D eigenvalue weighted by Crippen LogP contribution is 2.65. The molecule has 7 rings (SSSR count). The van der Waals surface area contributed by atoms with Crippen LogP contribution in [0.25, 0.3) is 0 Å². The van der Waals surface area contributed by atoms with Crippen LogP contribution >= 0.6 is 11.3 Å². The Morgan fingerprint density at radius 2 is 1.71 bits per heavy atom. The van der Waals surface area contributed by atoms with Gasteiger partial charge in [0.15, 0.2) is 0 Å². The number of ether oxygens (including phenoxy) is 1. The summed E-state index contributed by atoms with van der Waals surface area (Å²) in [5.41, 5.74) is 0.481. The second-order valence-electron chi connectivity index (χ2n) is 8.03. The molecule has 2 bridgehead atoms. The Bertz CT molecular complexity index is 1010. The number of carbonyl (C=O) groups excluding carboxylic acids is 3. The first-order valence-electron chi connectivity index (χ1n) is 9.55. The molecule has 5 aliphatic rings. The fourth-order valence-corrected chi connectivity index (χ4v) is 6.05. The minimum absolute atomic E-state index is 0.110. The van der Waals surface area contributed by atoms with Gasteiger partial charge < -0.3 is 4.74 Å². The van der Waals surface area contributed by atoms with Crippen molar-refractivity contribution in [1.82, 2.24) is 0 Å².